The second-order valence-corrected chi connectivity index (χ2v) is 16.5. The van der Waals surface area contributed by atoms with Crippen LogP contribution >= 0.6 is 0 Å². The molecule has 0 aromatic rings. The largest absolute Gasteiger partial charge is 0.375 e. The van der Waals surface area contributed by atoms with Gasteiger partial charge in [-0.1, -0.05) is 48.5 Å². The molecule has 0 spiro atoms. The maximum atomic E-state index is 13.1. The Balaban J connectivity index is 2.46. The van der Waals surface area contributed by atoms with Gasteiger partial charge < -0.3 is 25.4 Å². The molecule has 1 fully saturated rings. The average molecular weight is 681 g/mol. The lowest BCUT2D eigenvalue weighted by atomic mass is 9.74. The maximum absolute atomic E-state index is 13.1. The van der Waals surface area contributed by atoms with E-state index < -0.39 is 34.1 Å². The van der Waals surface area contributed by atoms with Gasteiger partial charge in [-0.05, 0) is 72.1 Å². The Morgan fingerprint density at radius 1 is 0.875 bits per heavy atom. The van der Waals surface area contributed by atoms with Crippen molar-refractivity contribution < 1.29 is 38.2 Å². The molecule has 0 aromatic heterocycles. The molecule has 1 aliphatic rings. The van der Waals surface area contributed by atoms with Crippen molar-refractivity contribution in [3.8, 4) is 0 Å². The van der Waals surface area contributed by atoms with Crippen LogP contribution in [0.2, 0.25) is 0 Å². The number of nitrogens with one attached hydrogen (secondary N) is 3. The minimum absolute atomic E-state index is 0.121. The van der Waals surface area contributed by atoms with Crippen molar-refractivity contribution in [2.24, 2.45) is 22.7 Å². The van der Waals surface area contributed by atoms with Crippen LogP contribution in [0.15, 0.2) is 0 Å². The van der Waals surface area contributed by atoms with Gasteiger partial charge in [-0.25, -0.2) is 0 Å². The summed E-state index contributed by atoms with van der Waals surface area (Å²) in [5, 5.41) is 8.41. The first-order chi connectivity index (χ1) is 21.8. The number of imide groups is 1. The summed E-state index contributed by atoms with van der Waals surface area (Å²) in [6.07, 6.45) is 1.94. The third kappa shape index (κ3) is 14.7. The summed E-state index contributed by atoms with van der Waals surface area (Å²) >= 11 is 0. The molecule has 0 radical (unpaired) electrons. The van der Waals surface area contributed by atoms with Crippen LogP contribution in [0.1, 0.15) is 122 Å². The zero-order chi connectivity index (χ0) is 37.3. The molecule has 3 N–H and O–H groups in total. The highest BCUT2D eigenvalue weighted by Crippen LogP contribution is 2.36. The Hall–Kier alpha value is -2.86. The normalized spacial score (nSPS) is 17.4. The average Bonchev–Trinajstić information content (AvgIpc) is 3.16. The first-order valence-corrected chi connectivity index (χ1v) is 17.3. The van der Waals surface area contributed by atoms with Gasteiger partial charge in [0.1, 0.15) is 6.04 Å². The number of Topliss-reactive ketones (excluding diaryl/α,β-unsaturated/α-hetero) is 1. The Morgan fingerprint density at radius 2 is 1.44 bits per heavy atom. The van der Waals surface area contributed by atoms with Gasteiger partial charge in [-0.2, -0.15) is 0 Å². The fourth-order valence-electron chi connectivity index (χ4n) is 5.82. The lowest BCUT2D eigenvalue weighted by molar-refractivity contribution is -0.141. The van der Waals surface area contributed by atoms with E-state index in [0.29, 0.717) is 39.0 Å². The summed E-state index contributed by atoms with van der Waals surface area (Å²) < 4.78 is 12.2. The van der Waals surface area contributed by atoms with E-state index in [4.69, 9.17) is 9.47 Å². The Bertz CT molecular complexity index is 1160. The SMILES string of the molecule is CC(=O)[C@H](C)NC(=O)[C@@H](NC(=O)CCC(C)(C)OCCC(C)(C)OCCNC(=O)C(C)(C)CC(C)(C)CN1C(=O)CC(C)C1=O)C(C)C. The highest BCUT2D eigenvalue weighted by atomic mass is 16.5. The molecule has 276 valence electrons. The summed E-state index contributed by atoms with van der Waals surface area (Å²) in [5.41, 5.74) is -2.26. The van der Waals surface area contributed by atoms with E-state index in [1.165, 1.54) is 11.8 Å². The van der Waals surface area contributed by atoms with Crippen LogP contribution in [-0.4, -0.2) is 89.8 Å². The molecule has 1 heterocycles. The molecule has 5 amide bonds. The number of hydrogen-bond donors (Lipinski definition) is 3. The number of ketones is 1. The van der Waals surface area contributed by atoms with Crippen LogP contribution in [0.4, 0.5) is 0 Å². The van der Waals surface area contributed by atoms with Crippen LogP contribution < -0.4 is 16.0 Å². The second-order valence-electron chi connectivity index (χ2n) is 16.5. The van der Waals surface area contributed by atoms with Crippen molar-refractivity contribution in [3.63, 3.8) is 0 Å². The Morgan fingerprint density at radius 3 is 1.96 bits per heavy atom. The van der Waals surface area contributed by atoms with Crippen LogP contribution in [0, 0.1) is 22.7 Å². The van der Waals surface area contributed by atoms with Crippen molar-refractivity contribution in [1.29, 1.82) is 0 Å². The number of carbonyl (C=O) groups is 6. The summed E-state index contributed by atoms with van der Waals surface area (Å²) in [4.78, 5) is 75.9. The van der Waals surface area contributed by atoms with E-state index in [0.717, 1.165) is 0 Å². The Labute approximate surface area is 288 Å². The molecule has 3 atom stereocenters. The van der Waals surface area contributed by atoms with Gasteiger partial charge in [0, 0.05) is 37.3 Å². The van der Waals surface area contributed by atoms with E-state index >= 15 is 0 Å². The van der Waals surface area contributed by atoms with Gasteiger partial charge in [0.05, 0.1) is 30.5 Å². The van der Waals surface area contributed by atoms with Crippen LogP contribution in [0.25, 0.3) is 0 Å². The van der Waals surface area contributed by atoms with Crippen molar-refractivity contribution in [3.05, 3.63) is 0 Å². The van der Waals surface area contributed by atoms with Gasteiger partial charge >= 0.3 is 0 Å². The first-order valence-electron chi connectivity index (χ1n) is 17.3. The topological polar surface area (TPSA) is 160 Å². The first kappa shape index (κ1) is 43.2. The summed E-state index contributed by atoms with van der Waals surface area (Å²) in [7, 11) is 0. The summed E-state index contributed by atoms with van der Waals surface area (Å²) in [5.74, 6) is -1.67. The zero-order valence-electron chi connectivity index (χ0n) is 31.9. The zero-order valence-corrected chi connectivity index (χ0v) is 31.9. The van der Waals surface area contributed by atoms with Crippen LogP contribution in [0.3, 0.4) is 0 Å². The Kier molecular flexibility index (Phi) is 15.9. The minimum atomic E-state index is -0.744. The molecule has 1 rings (SSSR count). The van der Waals surface area contributed by atoms with Gasteiger partial charge in [0.15, 0.2) is 5.78 Å². The standard InChI is InChI=1S/C36H64N4O8/c1-23(2)29(30(44)38-25(4)26(5)41)39-27(42)14-15-35(10,11)47-18-16-36(12,13)48-19-17-37-32(46)34(8,9)21-33(6,7)22-40-28(43)20-24(3)31(40)45/h23-25,29H,14-22H2,1-13H3,(H,37,46)(H,38,44)(H,39,42)/t24?,25-,29-/m0/s1. The third-order valence-electron chi connectivity index (χ3n) is 8.86. The number of ether oxygens (including phenoxy) is 2. The lowest BCUT2D eigenvalue weighted by Crippen LogP contribution is -2.52. The van der Waals surface area contributed by atoms with E-state index in [-0.39, 0.29) is 66.5 Å². The third-order valence-corrected chi connectivity index (χ3v) is 8.86. The molecule has 0 aliphatic carbocycles. The van der Waals surface area contributed by atoms with Gasteiger partial charge in [0.25, 0.3) is 0 Å². The number of carbonyl (C=O) groups excluding carboxylic acids is 6. The summed E-state index contributed by atoms with van der Waals surface area (Å²) in [6.45, 7) is 25.2. The van der Waals surface area contributed by atoms with E-state index in [2.05, 4.69) is 16.0 Å². The van der Waals surface area contributed by atoms with Crippen LogP contribution in [-0.2, 0) is 38.2 Å². The van der Waals surface area contributed by atoms with Crippen molar-refractivity contribution >= 4 is 35.3 Å². The molecule has 0 saturated carbocycles. The minimum Gasteiger partial charge on any atom is -0.375 e. The maximum Gasteiger partial charge on any atom is 0.243 e. The fraction of sp³-hybridized carbons (Fsp3) is 0.833. The van der Waals surface area contributed by atoms with Gasteiger partial charge in [-0.15, -0.1) is 0 Å². The fourth-order valence-corrected chi connectivity index (χ4v) is 5.82. The molecule has 1 saturated heterocycles. The number of hydrogen-bond acceptors (Lipinski definition) is 8. The molecule has 0 bridgehead atoms. The predicted molar refractivity (Wildman–Crippen MR) is 185 cm³/mol. The van der Waals surface area contributed by atoms with Gasteiger partial charge in [0.2, 0.25) is 29.5 Å². The van der Waals surface area contributed by atoms with E-state index in [1.807, 2.05) is 69.2 Å². The van der Waals surface area contributed by atoms with E-state index in [1.54, 1.807) is 13.8 Å². The van der Waals surface area contributed by atoms with E-state index in [9.17, 15) is 28.8 Å². The van der Waals surface area contributed by atoms with Crippen molar-refractivity contribution in [2.45, 2.75) is 145 Å². The quantitative estimate of drug-likeness (QED) is 0.121. The van der Waals surface area contributed by atoms with Crippen molar-refractivity contribution in [2.75, 3.05) is 26.3 Å². The highest BCUT2D eigenvalue weighted by Gasteiger charge is 2.41. The molecular formula is C36H64N4O8. The molecule has 12 nitrogen and oxygen atoms in total. The molecule has 1 aliphatic heterocycles. The second kappa shape index (κ2) is 17.7. The van der Waals surface area contributed by atoms with Crippen molar-refractivity contribution in [1.82, 2.24) is 20.9 Å². The smallest absolute Gasteiger partial charge is 0.243 e. The summed E-state index contributed by atoms with van der Waals surface area (Å²) in [6, 6.07) is -1.37. The van der Waals surface area contributed by atoms with Gasteiger partial charge in [-0.3, -0.25) is 33.7 Å². The molecule has 12 heteroatoms. The monoisotopic (exact) mass is 680 g/mol. The number of nitrogens with zero attached hydrogens (tertiary/aromatic N) is 1. The molecule has 48 heavy (non-hydrogen) atoms. The number of likely N-dealkylation sites (tertiary alicyclic amines) is 1. The number of rotatable bonds is 21. The van der Waals surface area contributed by atoms with Crippen LogP contribution in [0.5, 0.6) is 0 Å². The molecule has 1 unspecified atom stereocenters. The highest BCUT2D eigenvalue weighted by molar-refractivity contribution is 6.03. The lowest BCUT2D eigenvalue weighted by Gasteiger charge is -2.36. The number of amides is 5. The molecule has 0 aromatic carbocycles. The predicted octanol–water partition coefficient (Wildman–Crippen LogP) is 3.94. The molecular weight excluding hydrogens is 616 g/mol.